The maximum atomic E-state index is 10.6. The number of aliphatic hydroxyl groups is 1. The van der Waals surface area contributed by atoms with Gasteiger partial charge in [-0.15, -0.1) is 11.3 Å². The van der Waals surface area contributed by atoms with Gasteiger partial charge < -0.3 is 15.6 Å². The van der Waals surface area contributed by atoms with Gasteiger partial charge in [0.05, 0.1) is 13.2 Å². The van der Waals surface area contributed by atoms with Gasteiger partial charge >= 0.3 is 0 Å². The Morgan fingerprint density at radius 1 is 1.42 bits per heavy atom. The Labute approximate surface area is 121 Å². The molecule has 0 aliphatic carbocycles. The molecular weight excluding hydrogens is 282 g/mol. The topological polar surface area (TPSA) is 55.5 Å². The average molecular weight is 298 g/mol. The molecule has 0 spiro atoms. The van der Waals surface area contributed by atoms with Crippen LogP contribution in [-0.4, -0.2) is 18.8 Å². The fraction of sp³-hybridized carbons (Fsp3) is 0.286. The van der Waals surface area contributed by atoms with Crippen molar-refractivity contribution < 1.29 is 9.84 Å². The summed E-state index contributed by atoms with van der Waals surface area (Å²) in [4.78, 5) is 1.05. The molecule has 2 rings (SSSR count). The zero-order chi connectivity index (χ0) is 13.8. The zero-order valence-electron chi connectivity index (χ0n) is 10.5. The first kappa shape index (κ1) is 14.3. The molecule has 2 aromatic rings. The SMILES string of the molecule is COc1ccc(Cl)cc1C(O)C(CN)c1cccs1. The summed E-state index contributed by atoms with van der Waals surface area (Å²) in [5.74, 6) is 0.458. The van der Waals surface area contributed by atoms with Crippen LogP contribution in [0.3, 0.4) is 0 Å². The lowest BCUT2D eigenvalue weighted by Gasteiger charge is -2.22. The molecular formula is C14H16ClNO2S. The normalized spacial score (nSPS) is 14.1. The number of aliphatic hydroxyl groups excluding tert-OH is 1. The Bertz CT molecular complexity index is 530. The molecule has 0 radical (unpaired) electrons. The van der Waals surface area contributed by atoms with E-state index in [1.165, 1.54) is 0 Å². The Balaban J connectivity index is 2.37. The van der Waals surface area contributed by atoms with E-state index in [2.05, 4.69) is 0 Å². The van der Waals surface area contributed by atoms with Crippen molar-refractivity contribution in [1.82, 2.24) is 0 Å². The van der Waals surface area contributed by atoms with Crippen LogP contribution < -0.4 is 10.5 Å². The average Bonchev–Trinajstić information content (AvgIpc) is 2.93. The lowest BCUT2D eigenvalue weighted by Crippen LogP contribution is -2.19. The van der Waals surface area contributed by atoms with Crippen LogP contribution >= 0.6 is 22.9 Å². The number of halogens is 1. The second-order valence-corrected chi connectivity index (χ2v) is 5.60. The minimum atomic E-state index is -0.739. The first-order valence-corrected chi connectivity index (χ1v) is 7.18. The molecule has 2 unspecified atom stereocenters. The molecule has 102 valence electrons. The fourth-order valence-electron chi connectivity index (χ4n) is 2.06. The molecule has 3 nitrogen and oxygen atoms in total. The molecule has 2 atom stereocenters. The van der Waals surface area contributed by atoms with E-state index in [0.29, 0.717) is 22.9 Å². The molecule has 0 fully saturated rings. The van der Waals surface area contributed by atoms with E-state index in [1.54, 1.807) is 36.6 Å². The molecule has 0 bridgehead atoms. The van der Waals surface area contributed by atoms with Crippen LogP contribution in [0.15, 0.2) is 35.7 Å². The Kier molecular flexibility index (Phi) is 4.82. The predicted molar refractivity (Wildman–Crippen MR) is 79.1 cm³/mol. The number of hydrogen-bond acceptors (Lipinski definition) is 4. The van der Waals surface area contributed by atoms with Crippen molar-refractivity contribution in [1.29, 1.82) is 0 Å². The minimum absolute atomic E-state index is 0.160. The van der Waals surface area contributed by atoms with Gasteiger partial charge in [0.25, 0.3) is 0 Å². The molecule has 3 N–H and O–H groups in total. The molecule has 1 aromatic carbocycles. The van der Waals surface area contributed by atoms with Gasteiger partial charge in [-0.3, -0.25) is 0 Å². The molecule has 0 saturated carbocycles. The minimum Gasteiger partial charge on any atom is -0.496 e. The lowest BCUT2D eigenvalue weighted by atomic mass is 9.93. The number of rotatable bonds is 5. The van der Waals surface area contributed by atoms with Crippen LogP contribution in [0.1, 0.15) is 22.5 Å². The van der Waals surface area contributed by atoms with Crippen molar-refractivity contribution in [2.45, 2.75) is 12.0 Å². The highest BCUT2D eigenvalue weighted by atomic mass is 35.5. The number of thiophene rings is 1. The van der Waals surface area contributed by atoms with Crippen LogP contribution in [0.4, 0.5) is 0 Å². The number of hydrogen-bond donors (Lipinski definition) is 2. The quantitative estimate of drug-likeness (QED) is 0.891. The molecule has 19 heavy (non-hydrogen) atoms. The second-order valence-electron chi connectivity index (χ2n) is 4.19. The van der Waals surface area contributed by atoms with E-state index in [-0.39, 0.29) is 5.92 Å². The van der Waals surface area contributed by atoms with Gasteiger partial charge in [-0.05, 0) is 29.6 Å². The van der Waals surface area contributed by atoms with E-state index in [0.717, 1.165) is 4.88 Å². The summed E-state index contributed by atoms with van der Waals surface area (Å²) in [6.07, 6.45) is -0.739. The summed E-state index contributed by atoms with van der Waals surface area (Å²) < 4.78 is 5.28. The van der Waals surface area contributed by atoms with E-state index >= 15 is 0 Å². The molecule has 5 heteroatoms. The highest BCUT2D eigenvalue weighted by molar-refractivity contribution is 7.10. The maximum absolute atomic E-state index is 10.6. The van der Waals surface area contributed by atoms with Gasteiger partial charge in [-0.2, -0.15) is 0 Å². The van der Waals surface area contributed by atoms with Crippen LogP contribution in [0, 0.1) is 0 Å². The van der Waals surface area contributed by atoms with E-state index in [9.17, 15) is 5.11 Å². The maximum Gasteiger partial charge on any atom is 0.124 e. The van der Waals surface area contributed by atoms with Gasteiger partial charge in [0.2, 0.25) is 0 Å². The third-order valence-electron chi connectivity index (χ3n) is 3.05. The zero-order valence-corrected chi connectivity index (χ0v) is 12.1. The van der Waals surface area contributed by atoms with Crippen molar-refractivity contribution in [3.8, 4) is 5.75 Å². The van der Waals surface area contributed by atoms with E-state index in [1.807, 2.05) is 17.5 Å². The van der Waals surface area contributed by atoms with Crippen molar-refractivity contribution in [3.05, 3.63) is 51.2 Å². The Hall–Kier alpha value is -1.07. The Morgan fingerprint density at radius 3 is 2.79 bits per heavy atom. The first-order valence-electron chi connectivity index (χ1n) is 5.92. The van der Waals surface area contributed by atoms with E-state index < -0.39 is 6.10 Å². The Morgan fingerprint density at radius 2 is 2.21 bits per heavy atom. The van der Waals surface area contributed by atoms with Crippen LogP contribution in [-0.2, 0) is 0 Å². The van der Waals surface area contributed by atoms with Crippen molar-refractivity contribution in [2.75, 3.05) is 13.7 Å². The summed E-state index contributed by atoms with van der Waals surface area (Å²) in [5, 5.41) is 13.1. The van der Waals surface area contributed by atoms with Crippen molar-refractivity contribution in [2.24, 2.45) is 5.73 Å². The van der Waals surface area contributed by atoms with Crippen LogP contribution in [0.2, 0.25) is 5.02 Å². The summed E-state index contributed by atoms with van der Waals surface area (Å²) in [7, 11) is 1.57. The van der Waals surface area contributed by atoms with Gasteiger partial charge in [-0.1, -0.05) is 17.7 Å². The predicted octanol–water partition coefficient (Wildman–Crippen LogP) is 3.19. The second kappa shape index (κ2) is 6.39. The number of ether oxygens (including phenoxy) is 1. The monoisotopic (exact) mass is 297 g/mol. The molecule has 1 heterocycles. The summed E-state index contributed by atoms with van der Waals surface area (Å²) in [5.41, 5.74) is 6.47. The largest absolute Gasteiger partial charge is 0.496 e. The highest BCUT2D eigenvalue weighted by Crippen LogP contribution is 2.37. The third-order valence-corrected chi connectivity index (χ3v) is 4.29. The molecule has 0 amide bonds. The van der Waals surface area contributed by atoms with Crippen LogP contribution in [0.25, 0.3) is 0 Å². The third kappa shape index (κ3) is 3.09. The van der Waals surface area contributed by atoms with Gasteiger partial charge in [0, 0.05) is 27.9 Å². The highest BCUT2D eigenvalue weighted by Gasteiger charge is 2.25. The smallest absolute Gasteiger partial charge is 0.124 e. The fourth-order valence-corrected chi connectivity index (χ4v) is 3.11. The lowest BCUT2D eigenvalue weighted by molar-refractivity contribution is 0.145. The van der Waals surface area contributed by atoms with Crippen LogP contribution in [0.5, 0.6) is 5.75 Å². The summed E-state index contributed by atoms with van der Waals surface area (Å²) in [6, 6.07) is 9.14. The van der Waals surface area contributed by atoms with Gasteiger partial charge in [0.1, 0.15) is 5.75 Å². The first-order chi connectivity index (χ1) is 9.17. The number of nitrogens with two attached hydrogens (primary N) is 1. The molecule has 0 saturated heterocycles. The number of methoxy groups -OCH3 is 1. The van der Waals surface area contributed by atoms with Crippen molar-refractivity contribution >= 4 is 22.9 Å². The standard InChI is InChI=1S/C14H16ClNO2S/c1-18-12-5-4-9(15)7-10(12)14(17)11(8-16)13-3-2-6-19-13/h2-7,11,14,17H,8,16H2,1H3. The van der Waals surface area contributed by atoms with Gasteiger partial charge in [0.15, 0.2) is 0 Å². The number of benzene rings is 1. The van der Waals surface area contributed by atoms with Gasteiger partial charge in [-0.25, -0.2) is 0 Å². The summed E-state index contributed by atoms with van der Waals surface area (Å²) in [6.45, 7) is 0.358. The molecule has 1 aromatic heterocycles. The molecule has 0 aliphatic heterocycles. The van der Waals surface area contributed by atoms with E-state index in [4.69, 9.17) is 22.1 Å². The van der Waals surface area contributed by atoms with Crippen molar-refractivity contribution in [3.63, 3.8) is 0 Å². The summed E-state index contributed by atoms with van der Waals surface area (Å²) >= 11 is 7.58. The molecule has 0 aliphatic rings.